The first-order valence-corrected chi connectivity index (χ1v) is 12.4. The molecule has 1 aromatic rings. The van der Waals surface area contributed by atoms with Crippen LogP contribution in [0, 0.1) is 17.6 Å². The molecular weight excluding hydrogens is 398 g/mol. The summed E-state index contributed by atoms with van der Waals surface area (Å²) in [6, 6.07) is 3.83. The Kier molecular flexibility index (Phi) is 15.0. The van der Waals surface area contributed by atoms with Gasteiger partial charge < -0.3 is 14.2 Å². The smallest absolute Gasteiger partial charge is 0.285 e. The van der Waals surface area contributed by atoms with E-state index >= 15 is 0 Å². The summed E-state index contributed by atoms with van der Waals surface area (Å²) in [5.74, 6) is -1.88. The van der Waals surface area contributed by atoms with Crippen molar-refractivity contribution >= 4 is 0 Å². The standard InChI is InChI=1S/C26H44F2O3/c1-5-9-10-11-12-13-17-23(26(29-6-2,30-7-3)31-8-4)18-15-14-16-22-19-20-24(27)21-25(22)28/h19-21,23H,5-18H2,1-4H3. The molecule has 1 aromatic carbocycles. The van der Waals surface area contributed by atoms with Gasteiger partial charge >= 0.3 is 0 Å². The first-order valence-electron chi connectivity index (χ1n) is 12.4. The molecule has 0 aliphatic carbocycles. The Hall–Kier alpha value is -1.04. The van der Waals surface area contributed by atoms with Gasteiger partial charge in [-0.05, 0) is 58.1 Å². The first-order chi connectivity index (χ1) is 15.0. The molecule has 0 aliphatic heterocycles. The van der Waals surface area contributed by atoms with Gasteiger partial charge in [-0.2, -0.15) is 0 Å². The Morgan fingerprint density at radius 3 is 1.84 bits per heavy atom. The van der Waals surface area contributed by atoms with E-state index in [0.717, 1.165) is 38.2 Å². The predicted octanol–water partition coefficient (Wildman–Crippen LogP) is 7.81. The van der Waals surface area contributed by atoms with Gasteiger partial charge in [0.2, 0.25) is 0 Å². The molecule has 31 heavy (non-hydrogen) atoms. The molecule has 0 saturated heterocycles. The van der Waals surface area contributed by atoms with E-state index < -0.39 is 17.6 Å². The van der Waals surface area contributed by atoms with Gasteiger partial charge in [0, 0.05) is 31.8 Å². The van der Waals surface area contributed by atoms with E-state index in [9.17, 15) is 8.78 Å². The molecule has 5 heteroatoms. The molecule has 0 fully saturated rings. The van der Waals surface area contributed by atoms with Gasteiger partial charge in [-0.1, -0.05) is 57.9 Å². The lowest BCUT2D eigenvalue weighted by atomic mass is 9.91. The van der Waals surface area contributed by atoms with E-state index in [1.165, 1.54) is 38.2 Å². The Morgan fingerprint density at radius 1 is 0.742 bits per heavy atom. The minimum Gasteiger partial charge on any atom is -0.328 e. The lowest BCUT2D eigenvalue weighted by molar-refractivity contribution is -0.403. The Balaban J connectivity index is 2.72. The molecule has 0 amide bonds. The summed E-state index contributed by atoms with van der Waals surface area (Å²) in [6.45, 7) is 9.69. The van der Waals surface area contributed by atoms with Crippen molar-refractivity contribution in [3.63, 3.8) is 0 Å². The molecule has 0 heterocycles. The molecule has 3 nitrogen and oxygen atoms in total. The number of benzene rings is 1. The van der Waals surface area contributed by atoms with Crippen LogP contribution in [0.3, 0.4) is 0 Å². The minimum absolute atomic E-state index is 0.122. The Bertz CT molecular complexity index is 563. The van der Waals surface area contributed by atoms with Crippen LogP contribution in [0.1, 0.15) is 97.5 Å². The molecule has 0 saturated carbocycles. The molecule has 0 N–H and O–H groups in total. The summed E-state index contributed by atoms with van der Waals surface area (Å²) >= 11 is 0. The molecule has 0 spiro atoms. The van der Waals surface area contributed by atoms with Gasteiger partial charge in [-0.3, -0.25) is 0 Å². The number of hydrogen-bond donors (Lipinski definition) is 0. The van der Waals surface area contributed by atoms with Crippen LogP contribution in [0.2, 0.25) is 0 Å². The molecule has 0 bridgehead atoms. The molecule has 0 aliphatic rings. The van der Waals surface area contributed by atoms with Gasteiger partial charge in [0.25, 0.3) is 5.97 Å². The van der Waals surface area contributed by atoms with Crippen LogP contribution in [0.5, 0.6) is 0 Å². The first kappa shape index (κ1) is 28.0. The summed E-state index contributed by atoms with van der Waals surface area (Å²) in [5, 5.41) is 0. The molecule has 1 unspecified atom stereocenters. The second-order valence-corrected chi connectivity index (χ2v) is 8.14. The van der Waals surface area contributed by atoms with Crippen molar-refractivity contribution in [1.29, 1.82) is 0 Å². The number of halogens is 2. The quantitative estimate of drug-likeness (QED) is 0.161. The van der Waals surface area contributed by atoms with Crippen molar-refractivity contribution in [3.8, 4) is 0 Å². The number of aryl methyl sites for hydroxylation is 1. The largest absolute Gasteiger partial charge is 0.328 e. The van der Waals surface area contributed by atoms with Crippen molar-refractivity contribution in [2.45, 2.75) is 104 Å². The zero-order chi connectivity index (χ0) is 23.0. The van der Waals surface area contributed by atoms with Crippen molar-refractivity contribution < 1.29 is 23.0 Å². The Morgan fingerprint density at radius 2 is 1.29 bits per heavy atom. The van der Waals surface area contributed by atoms with E-state index in [2.05, 4.69) is 6.92 Å². The van der Waals surface area contributed by atoms with E-state index in [0.29, 0.717) is 31.8 Å². The topological polar surface area (TPSA) is 27.7 Å². The molecule has 180 valence electrons. The van der Waals surface area contributed by atoms with Crippen molar-refractivity contribution in [2.75, 3.05) is 19.8 Å². The lowest BCUT2D eigenvalue weighted by Gasteiger charge is -2.39. The Labute approximate surface area is 188 Å². The fourth-order valence-corrected chi connectivity index (χ4v) is 4.18. The number of rotatable bonds is 19. The van der Waals surface area contributed by atoms with Crippen LogP contribution in [-0.2, 0) is 20.6 Å². The summed E-state index contributed by atoms with van der Waals surface area (Å²) in [5.41, 5.74) is 0.569. The fraction of sp³-hybridized carbons (Fsp3) is 0.769. The zero-order valence-electron chi connectivity index (χ0n) is 20.2. The second kappa shape index (κ2) is 16.6. The molecule has 1 atom stereocenters. The SMILES string of the molecule is CCCCCCCCC(CCCCc1ccc(F)cc1F)C(OCC)(OCC)OCC. The summed E-state index contributed by atoms with van der Waals surface area (Å²) in [6.07, 6.45) is 11.6. The number of hydrogen-bond acceptors (Lipinski definition) is 3. The summed E-state index contributed by atoms with van der Waals surface area (Å²) in [7, 11) is 0. The zero-order valence-corrected chi connectivity index (χ0v) is 20.2. The van der Waals surface area contributed by atoms with Crippen molar-refractivity contribution in [1.82, 2.24) is 0 Å². The van der Waals surface area contributed by atoms with Crippen molar-refractivity contribution in [2.24, 2.45) is 5.92 Å². The minimum atomic E-state index is -1.01. The molecule has 1 rings (SSSR count). The average molecular weight is 443 g/mol. The van der Waals surface area contributed by atoms with Crippen LogP contribution < -0.4 is 0 Å². The average Bonchev–Trinajstić information content (AvgIpc) is 2.73. The maximum Gasteiger partial charge on any atom is 0.285 e. The third-order valence-corrected chi connectivity index (χ3v) is 5.71. The number of ether oxygens (including phenoxy) is 3. The van der Waals surface area contributed by atoms with Gasteiger partial charge in [0.1, 0.15) is 11.6 Å². The lowest BCUT2D eigenvalue weighted by Crippen LogP contribution is -2.46. The molecular formula is C26H44F2O3. The van der Waals surface area contributed by atoms with Crippen LogP contribution in [0.4, 0.5) is 8.78 Å². The van der Waals surface area contributed by atoms with Crippen LogP contribution in [-0.4, -0.2) is 25.8 Å². The molecule has 0 radical (unpaired) electrons. The third-order valence-electron chi connectivity index (χ3n) is 5.71. The van der Waals surface area contributed by atoms with E-state index in [1.54, 1.807) is 6.07 Å². The van der Waals surface area contributed by atoms with Crippen molar-refractivity contribution in [3.05, 3.63) is 35.4 Å². The summed E-state index contributed by atoms with van der Waals surface area (Å²) < 4.78 is 45.3. The fourth-order valence-electron chi connectivity index (χ4n) is 4.18. The van der Waals surface area contributed by atoms with Crippen LogP contribution in [0.25, 0.3) is 0 Å². The van der Waals surface area contributed by atoms with Gasteiger partial charge in [-0.25, -0.2) is 8.78 Å². The summed E-state index contributed by atoms with van der Waals surface area (Å²) in [4.78, 5) is 0. The maximum absolute atomic E-state index is 13.9. The van der Waals surface area contributed by atoms with E-state index in [1.807, 2.05) is 20.8 Å². The van der Waals surface area contributed by atoms with Crippen LogP contribution in [0.15, 0.2) is 18.2 Å². The monoisotopic (exact) mass is 442 g/mol. The van der Waals surface area contributed by atoms with Crippen LogP contribution >= 0.6 is 0 Å². The van der Waals surface area contributed by atoms with Gasteiger partial charge in [0.15, 0.2) is 0 Å². The predicted molar refractivity (Wildman–Crippen MR) is 123 cm³/mol. The second-order valence-electron chi connectivity index (χ2n) is 8.14. The normalized spacial score (nSPS) is 13.0. The highest BCUT2D eigenvalue weighted by Crippen LogP contribution is 2.34. The number of unbranched alkanes of at least 4 members (excludes halogenated alkanes) is 6. The van der Waals surface area contributed by atoms with Gasteiger partial charge in [-0.15, -0.1) is 0 Å². The van der Waals surface area contributed by atoms with Gasteiger partial charge in [0.05, 0.1) is 0 Å². The van der Waals surface area contributed by atoms with E-state index in [-0.39, 0.29) is 5.92 Å². The highest BCUT2D eigenvalue weighted by Gasteiger charge is 2.41. The maximum atomic E-state index is 13.9. The van der Waals surface area contributed by atoms with E-state index in [4.69, 9.17) is 14.2 Å². The highest BCUT2D eigenvalue weighted by molar-refractivity contribution is 5.18. The highest BCUT2D eigenvalue weighted by atomic mass is 19.1. The third kappa shape index (κ3) is 10.4. The molecule has 0 aromatic heterocycles.